The van der Waals surface area contributed by atoms with Crippen molar-refractivity contribution in [3.05, 3.63) is 60.7 Å². The molecule has 0 unspecified atom stereocenters. The van der Waals surface area contributed by atoms with Crippen molar-refractivity contribution in [3.8, 4) is 0 Å². The molecule has 2 amide bonds. The van der Waals surface area contributed by atoms with Crippen molar-refractivity contribution in [2.45, 2.75) is 25.3 Å². The molecule has 5 nitrogen and oxygen atoms in total. The van der Waals surface area contributed by atoms with Crippen LogP contribution in [0.25, 0.3) is 0 Å². The fourth-order valence-electron chi connectivity index (χ4n) is 3.61. The molecular formula is C22H27N2O3PS. The summed E-state index contributed by atoms with van der Waals surface area (Å²) >= 11 is 6.14. The largest absolute Gasteiger partial charge is 0.394 e. The maximum absolute atomic E-state index is 12.6. The van der Waals surface area contributed by atoms with Gasteiger partial charge in [-0.15, -0.1) is 0 Å². The number of nitrogens with one attached hydrogen (secondary N) is 1. The number of aliphatic hydroxyl groups excluding tert-OH is 1. The number of hydrogen-bond acceptors (Lipinski definition) is 4. The monoisotopic (exact) mass is 430 g/mol. The third-order valence-electron chi connectivity index (χ3n) is 5.23. The minimum absolute atomic E-state index is 0.205. The number of hydrogen-bond donors (Lipinski definition) is 2. The summed E-state index contributed by atoms with van der Waals surface area (Å²) in [4.78, 5) is 26.8. The van der Waals surface area contributed by atoms with E-state index < -0.39 is 18.7 Å². The molecule has 0 bridgehead atoms. The molecule has 2 aromatic carbocycles. The Balaban J connectivity index is 1.70. The van der Waals surface area contributed by atoms with Crippen LogP contribution in [0.4, 0.5) is 0 Å². The predicted molar refractivity (Wildman–Crippen MR) is 121 cm³/mol. The van der Waals surface area contributed by atoms with E-state index >= 15 is 0 Å². The van der Waals surface area contributed by atoms with Gasteiger partial charge in [-0.05, 0) is 29.6 Å². The highest BCUT2D eigenvalue weighted by Crippen LogP contribution is 2.44. The van der Waals surface area contributed by atoms with E-state index in [1.807, 2.05) is 60.7 Å². The lowest BCUT2D eigenvalue weighted by Crippen LogP contribution is -2.49. The van der Waals surface area contributed by atoms with Crippen LogP contribution in [-0.4, -0.2) is 53.7 Å². The third kappa shape index (κ3) is 5.33. The van der Waals surface area contributed by atoms with Crippen molar-refractivity contribution in [1.82, 2.24) is 10.2 Å². The summed E-state index contributed by atoms with van der Waals surface area (Å²) in [6, 6.07) is 16.8. The Morgan fingerprint density at radius 3 is 2.00 bits per heavy atom. The molecule has 3 rings (SSSR count). The van der Waals surface area contributed by atoms with Gasteiger partial charge in [-0.2, -0.15) is 0 Å². The van der Waals surface area contributed by atoms with Gasteiger partial charge in [0.1, 0.15) is 6.04 Å². The number of rotatable bonds is 8. The Morgan fingerprint density at radius 1 is 1.00 bits per heavy atom. The second kappa shape index (κ2) is 10.1. The second-order valence-electron chi connectivity index (χ2n) is 7.22. The van der Waals surface area contributed by atoms with E-state index in [0.717, 1.165) is 23.5 Å². The van der Waals surface area contributed by atoms with Crippen LogP contribution in [0.5, 0.6) is 0 Å². The van der Waals surface area contributed by atoms with Crippen molar-refractivity contribution in [2.75, 3.05) is 25.9 Å². The zero-order valence-corrected chi connectivity index (χ0v) is 18.1. The molecule has 0 spiro atoms. The molecule has 2 N–H and O–H groups in total. The van der Waals surface area contributed by atoms with Crippen LogP contribution < -0.4 is 15.9 Å². The van der Waals surface area contributed by atoms with Gasteiger partial charge < -0.3 is 15.3 Å². The van der Waals surface area contributed by atoms with Gasteiger partial charge in [-0.1, -0.05) is 72.5 Å². The van der Waals surface area contributed by atoms with E-state index in [0.29, 0.717) is 19.3 Å². The topological polar surface area (TPSA) is 69.6 Å². The van der Waals surface area contributed by atoms with E-state index in [2.05, 4.69) is 5.32 Å². The lowest BCUT2D eigenvalue weighted by atomic mass is 10.2. The molecule has 1 aliphatic rings. The van der Waals surface area contributed by atoms with E-state index in [1.165, 1.54) is 0 Å². The molecule has 29 heavy (non-hydrogen) atoms. The minimum Gasteiger partial charge on any atom is -0.394 e. The van der Waals surface area contributed by atoms with E-state index in [-0.39, 0.29) is 18.2 Å². The third-order valence-corrected chi connectivity index (χ3v) is 10.2. The zero-order valence-electron chi connectivity index (χ0n) is 16.4. The number of aliphatic hydroxyl groups is 1. The maximum atomic E-state index is 12.6. The molecule has 154 valence electrons. The molecule has 1 aliphatic heterocycles. The number of nitrogens with zero attached hydrogens (tertiary/aromatic N) is 1. The number of amides is 2. The summed E-state index contributed by atoms with van der Waals surface area (Å²) < 4.78 is 0. The zero-order chi connectivity index (χ0) is 20.7. The first-order chi connectivity index (χ1) is 14.0. The standard InChI is InChI=1S/C22H27N2O3PS/c25-17-20(22(27)24-14-7-8-15-24)23-21(26)13-16-28(29,18-9-3-1-4-10-18)19-11-5-2-6-12-19/h1-6,9-12,20,25H,7-8,13-17H2,(H,23,26)/t20-/m0/s1. The van der Waals surface area contributed by atoms with Gasteiger partial charge in [0.05, 0.1) is 6.61 Å². The first-order valence-electron chi connectivity index (χ1n) is 9.94. The normalized spacial score (nSPS) is 15.1. The predicted octanol–water partition coefficient (Wildman–Crippen LogP) is 1.61. The highest BCUT2D eigenvalue weighted by molar-refractivity contribution is 8.21. The highest BCUT2D eigenvalue weighted by Gasteiger charge is 2.28. The molecule has 1 atom stereocenters. The molecule has 1 heterocycles. The van der Waals surface area contributed by atoms with Gasteiger partial charge in [0.15, 0.2) is 0 Å². The highest BCUT2D eigenvalue weighted by atomic mass is 32.4. The van der Waals surface area contributed by atoms with E-state index in [9.17, 15) is 14.7 Å². The van der Waals surface area contributed by atoms with Crippen LogP contribution in [0.2, 0.25) is 0 Å². The summed E-state index contributed by atoms with van der Waals surface area (Å²) in [5.74, 6) is -0.457. The lowest BCUT2D eigenvalue weighted by Gasteiger charge is -2.25. The van der Waals surface area contributed by atoms with Gasteiger partial charge >= 0.3 is 0 Å². The molecule has 0 radical (unpaired) electrons. The van der Waals surface area contributed by atoms with Crippen LogP contribution in [-0.2, 0) is 21.4 Å². The molecule has 1 saturated heterocycles. The Bertz CT molecular complexity index is 827. The fraction of sp³-hybridized carbons (Fsp3) is 0.364. The van der Waals surface area contributed by atoms with Crippen LogP contribution in [0.3, 0.4) is 0 Å². The van der Waals surface area contributed by atoms with Gasteiger partial charge in [0, 0.05) is 25.5 Å². The minimum atomic E-state index is -2.16. The average molecular weight is 431 g/mol. The Kier molecular flexibility index (Phi) is 7.59. The van der Waals surface area contributed by atoms with E-state index in [1.54, 1.807) is 4.90 Å². The van der Waals surface area contributed by atoms with E-state index in [4.69, 9.17) is 11.8 Å². The first-order valence-corrected chi connectivity index (χ1v) is 12.9. The molecule has 1 fully saturated rings. The lowest BCUT2D eigenvalue weighted by molar-refractivity contribution is -0.136. The second-order valence-corrected chi connectivity index (χ2v) is 12.0. The summed E-state index contributed by atoms with van der Waals surface area (Å²) in [5.41, 5.74) is 0. The van der Waals surface area contributed by atoms with Gasteiger partial charge in [0.25, 0.3) is 0 Å². The summed E-state index contributed by atoms with van der Waals surface area (Å²) in [7, 11) is 0. The maximum Gasteiger partial charge on any atom is 0.247 e. The van der Waals surface area contributed by atoms with Crippen molar-refractivity contribution in [2.24, 2.45) is 0 Å². The van der Waals surface area contributed by atoms with Gasteiger partial charge in [-0.3, -0.25) is 9.59 Å². The molecule has 0 saturated carbocycles. The van der Waals surface area contributed by atoms with Crippen molar-refractivity contribution < 1.29 is 14.7 Å². The molecule has 0 aromatic heterocycles. The fourth-order valence-corrected chi connectivity index (χ4v) is 7.26. The molecule has 2 aromatic rings. The Hall–Kier alpha value is -2.01. The van der Waals surface area contributed by atoms with Crippen molar-refractivity contribution >= 4 is 40.3 Å². The van der Waals surface area contributed by atoms with Crippen LogP contribution >= 0.6 is 6.04 Å². The smallest absolute Gasteiger partial charge is 0.247 e. The summed E-state index contributed by atoms with van der Waals surface area (Å²) in [6.45, 7) is 0.981. The van der Waals surface area contributed by atoms with Gasteiger partial charge in [0.2, 0.25) is 11.8 Å². The number of carbonyl (C=O) groups is 2. The van der Waals surface area contributed by atoms with Crippen LogP contribution in [0.15, 0.2) is 60.7 Å². The van der Waals surface area contributed by atoms with Crippen molar-refractivity contribution in [1.29, 1.82) is 0 Å². The Morgan fingerprint density at radius 2 is 1.52 bits per heavy atom. The number of likely N-dealkylation sites (tertiary alicyclic amines) is 1. The average Bonchev–Trinajstić information content (AvgIpc) is 3.31. The Labute approximate surface area is 177 Å². The summed E-state index contributed by atoms with van der Waals surface area (Å²) in [6.07, 6.45) is 2.67. The van der Waals surface area contributed by atoms with Crippen LogP contribution in [0.1, 0.15) is 19.3 Å². The quantitative estimate of drug-likeness (QED) is 0.625. The van der Waals surface area contributed by atoms with Gasteiger partial charge in [-0.25, -0.2) is 0 Å². The molecule has 0 aliphatic carbocycles. The van der Waals surface area contributed by atoms with Crippen molar-refractivity contribution in [3.63, 3.8) is 0 Å². The SMILES string of the molecule is O=C(CCP(=S)(c1ccccc1)c1ccccc1)N[C@@H](CO)C(=O)N1CCCC1. The number of carbonyl (C=O) groups excluding carboxylic acids is 2. The molecule has 7 heteroatoms. The summed E-state index contributed by atoms with van der Waals surface area (Å²) in [5, 5.41) is 14.5. The first kappa shape index (κ1) is 21.7. The van der Waals surface area contributed by atoms with Crippen LogP contribution in [0, 0.1) is 0 Å². The molecular weight excluding hydrogens is 403 g/mol. The number of benzene rings is 2.